The summed E-state index contributed by atoms with van der Waals surface area (Å²) in [6.45, 7) is 4.28. The van der Waals surface area contributed by atoms with E-state index in [1.165, 1.54) is 11.0 Å². The third-order valence-corrected chi connectivity index (χ3v) is 8.93. The minimum absolute atomic E-state index is 0.0885. The Morgan fingerprint density at radius 2 is 1.73 bits per heavy atom. The first kappa shape index (κ1) is 27.8. The number of ketones is 5. The van der Waals surface area contributed by atoms with Crippen LogP contribution in [0.4, 0.5) is 0 Å². The van der Waals surface area contributed by atoms with Gasteiger partial charge in [0.25, 0.3) is 11.7 Å². The number of ether oxygens (including phenoxy) is 1. The number of nitrogens with two attached hydrogens (primary N) is 1. The van der Waals surface area contributed by atoms with Gasteiger partial charge in [-0.15, -0.1) is 0 Å². The topological polar surface area (TPSA) is 198 Å². The summed E-state index contributed by atoms with van der Waals surface area (Å²) in [6, 6.07) is 2.34. The zero-order valence-electron chi connectivity index (χ0n) is 22.0. The van der Waals surface area contributed by atoms with Crippen LogP contribution in [-0.4, -0.2) is 87.7 Å². The maximum absolute atomic E-state index is 13.9. The molecular formula is C28H30N2O10. The predicted octanol–water partition coefficient (Wildman–Crippen LogP) is -0.749. The van der Waals surface area contributed by atoms with Crippen LogP contribution in [0.1, 0.15) is 46.5 Å². The number of phenols is 1. The highest BCUT2D eigenvalue weighted by molar-refractivity contribution is 6.43. The van der Waals surface area contributed by atoms with Crippen LogP contribution >= 0.6 is 0 Å². The Kier molecular flexibility index (Phi) is 6.74. The molecule has 2 saturated carbocycles. The molecule has 1 heterocycles. The largest absolute Gasteiger partial charge is 0.507 e. The van der Waals surface area contributed by atoms with Crippen LogP contribution in [0.3, 0.4) is 0 Å². The molecule has 1 saturated heterocycles. The third-order valence-electron chi connectivity index (χ3n) is 8.93. The van der Waals surface area contributed by atoms with Crippen molar-refractivity contribution in [3.8, 4) is 5.75 Å². The SMILES string of the molecule is CC(C)[C@@H]1C(=O)C(C(N)=O)C(=O)[C@@]2(O)C(=O)C3C(=O)c4c(O)ccc(C(=O)C(=O)N5CCOCC5)c4C[C@H]3C[C@@H]12. The first-order chi connectivity index (χ1) is 18.8. The van der Waals surface area contributed by atoms with Crippen molar-refractivity contribution in [1.29, 1.82) is 0 Å². The molecular weight excluding hydrogens is 524 g/mol. The highest BCUT2D eigenvalue weighted by Crippen LogP contribution is 2.53. The van der Waals surface area contributed by atoms with Crippen LogP contribution in [0.5, 0.6) is 5.75 Å². The second-order valence-corrected chi connectivity index (χ2v) is 11.4. The Morgan fingerprint density at radius 1 is 1.07 bits per heavy atom. The van der Waals surface area contributed by atoms with E-state index < -0.39 is 87.6 Å². The normalized spacial score (nSPS) is 31.9. The first-order valence-corrected chi connectivity index (χ1v) is 13.3. The maximum atomic E-state index is 13.9. The summed E-state index contributed by atoms with van der Waals surface area (Å²) in [5.41, 5.74) is 2.21. The maximum Gasteiger partial charge on any atom is 0.295 e. The van der Waals surface area contributed by atoms with Gasteiger partial charge in [0, 0.05) is 30.5 Å². The van der Waals surface area contributed by atoms with Crippen LogP contribution in [0.15, 0.2) is 12.1 Å². The van der Waals surface area contributed by atoms with Crippen molar-refractivity contribution >= 4 is 40.7 Å². The summed E-state index contributed by atoms with van der Waals surface area (Å²) < 4.78 is 5.23. The fourth-order valence-corrected chi connectivity index (χ4v) is 7.09. The molecule has 0 radical (unpaired) electrons. The van der Waals surface area contributed by atoms with E-state index in [2.05, 4.69) is 0 Å². The molecule has 0 bridgehead atoms. The molecule has 1 aromatic carbocycles. The molecule has 0 aromatic heterocycles. The van der Waals surface area contributed by atoms with Crippen LogP contribution in [0.25, 0.3) is 0 Å². The Hall–Kier alpha value is -3.77. The van der Waals surface area contributed by atoms with E-state index in [1.807, 2.05) is 0 Å². The number of phenolic OH excluding ortho intramolecular Hbond substituents is 1. The lowest BCUT2D eigenvalue weighted by molar-refractivity contribution is -0.182. The van der Waals surface area contributed by atoms with Gasteiger partial charge in [-0.25, -0.2) is 0 Å². The number of carbonyl (C=O) groups excluding carboxylic acids is 7. The van der Waals surface area contributed by atoms with E-state index in [-0.39, 0.29) is 55.8 Å². The van der Waals surface area contributed by atoms with Crippen molar-refractivity contribution in [1.82, 2.24) is 4.90 Å². The van der Waals surface area contributed by atoms with Crippen LogP contribution in [-0.2, 0) is 35.1 Å². The number of nitrogens with zero attached hydrogens (tertiary/aromatic N) is 1. The molecule has 12 nitrogen and oxygen atoms in total. The summed E-state index contributed by atoms with van der Waals surface area (Å²) in [4.78, 5) is 93.8. The molecule has 5 rings (SSSR count). The number of hydrogen-bond acceptors (Lipinski definition) is 10. The lowest BCUT2D eigenvalue weighted by Crippen LogP contribution is -2.71. The Bertz CT molecular complexity index is 1380. The van der Waals surface area contributed by atoms with Gasteiger partial charge in [-0.1, -0.05) is 13.8 Å². The first-order valence-electron chi connectivity index (χ1n) is 13.3. The number of carbonyl (C=O) groups is 7. The molecule has 1 aromatic rings. The monoisotopic (exact) mass is 554 g/mol. The zero-order chi connectivity index (χ0) is 29.3. The van der Waals surface area contributed by atoms with Gasteiger partial charge in [-0.05, 0) is 42.4 Å². The fourth-order valence-electron chi connectivity index (χ4n) is 7.09. The average molecular weight is 555 g/mol. The fraction of sp³-hybridized carbons (Fsp3) is 0.536. The standard InChI is InChI=1S/C28H30N2O10/c1-11(2)17-15-10-12-9-14-13(21(32)27(38)30-5-7-40-8-6-30)3-4-16(31)19(14)23(34)18(12)24(35)28(15,39)25(36)20(22(17)33)26(29)37/h3-4,11-12,15,17-18,20,31,39H,5-10H2,1-2H3,(H2,29,37)/t12-,15-,17-,18?,20?,28-/m0/s1. The molecule has 3 fully saturated rings. The number of fused-ring (bicyclic) bond motifs is 3. The summed E-state index contributed by atoms with van der Waals surface area (Å²) in [5, 5.41) is 22.2. The van der Waals surface area contributed by atoms with Crippen molar-refractivity contribution in [2.24, 2.45) is 41.2 Å². The predicted molar refractivity (Wildman–Crippen MR) is 134 cm³/mol. The molecule has 3 aliphatic carbocycles. The number of aliphatic hydroxyl groups is 1. The van der Waals surface area contributed by atoms with Crippen LogP contribution in [0, 0.1) is 35.5 Å². The van der Waals surface area contributed by atoms with E-state index >= 15 is 0 Å². The van der Waals surface area contributed by atoms with Gasteiger partial charge in [0.2, 0.25) is 5.91 Å². The smallest absolute Gasteiger partial charge is 0.295 e. The van der Waals surface area contributed by atoms with Gasteiger partial charge < -0.3 is 25.6 Å². The van der Waals surface area contributed by atoms with Crippen LogP contribution in [0.2, 0.25) is 0 Å². The molecule has 1 aliphatic heterocycles. The summed E-state index contributed by atoms with van der Waals surface area (Å²) >= 11 is 0. The molecule has 2 amide bonds. The van der Waals surface area contributed by atoms with Crippen molar-refractivity contribution < 1.29 is 48.5 Å². The van der Waals surface area contributed by atoms with Crippen LogP contribution < -0.4 is 5.73 Å². The van der Waals surface area contributed by atoms with Crippen molar-refractivity contribution in [3.63, 3.8) is 0 Å². The molecule has 212 valence electrons. The molecule has 6 atom stereocenters. The molecule has 0 spiro atoms. The van der Waals surface area contributed by atoms with Gasteiger partial charge in [-0.3, -0.25) is 33.6 Å². The molecule has 40 heavy (non-hydrogen) atoms. The number of benzene rings is 1. The highest BCUT2D eigenvalue weighted by atomic mass is 16.5. The van der Waals surface area contributed by atoms with Gasteiger partial charge >= 0.3 is 0 Å². The third kappa shape index (κ3) is 3.84. The number of primary amides is 1. The summed E-state index contributed by atoms with van der Waals surface area (Å²) in [6.07, 6.45) is -0.215. The Labute approximate surface area is 228 Å². The van der Waals surface area contributed by atoms with E-state index in [4.69, 9.17) is 10.5 Å². The number of morpholine rings is 1. The highest BCUT2D eigenvalue weighted by Gasteiger charge is 2.69. The lowest BCUT2D eigenvalue weighted by atomic mass is 9.49. The van der Waals surface area contributed by atoms with Crippen molar-refractivity contribution in [2.75, 3.05) is 26.3 Å². The lowest BCUT2D eigenvalue weighted by Gasteiger charge is -2.52. The second kappa shape index (κ2) is 9.70. The van der Waals surface area contributed by atoms with Crippen molar-refractivity contribution in [2.45, 2.75) is 32.3 Å². The molecule has 4 N–H and O–H groups in total. The number of Topliss-reactive ketones (excluding diaryl/α,β-unsaturated/α-hetero) is 5. The van der Waals surface area contributed by atoms with Gasteiger partial charge in [0.05, 0.1) is 24.7 Å². The van der Waals surface area contributed by atoms with Gasteiger partial charge in [0.1, 0.15) is 5.75 Å². The van der Waals surface area contributed by atoms with Gasteiger partial charge in [0.15, 0.2) is 34.7 Å². The van der Waals surface area contributed by atoms with Crippen molar-refractivity contribution in [3.05, 3.63) is 28.8 Å². The number of aromatic hydroxyl groups is 1. The Morgan fingerprint density at radius 3 is 2.33 bits per heavy atom. The Balaban J connectivity index is 1.58. The summed E-state index contributed by atoms with van der Waals surface area (Å²) in [5.74, 6) is -14.9. The minimum atomic E-state index is -2.80. The second-order valence-electron chi connectivity index (χ2n) is 11.4. The van der Waals surface area contributed by atoms with E-state index in [0.29, 0.717) is 0 Å². The number of amides is 2. The summed E-state index contributed by atoms with van der Waals surface area (Å²) in [7, 11) is 0. The molecule has 12 heteroatoms. The zero-order valence-corrected chi connectivity index (χ0v) is 22.0. The molecule has 4 aliphatic rings. The average Bonchev–Trinajstić information content (AvgIpc) is 2.90. The molecule has 2 unspecified atom stereocenters. The van der Waals surface area contributed by atoms with E-state index in [0.717, 1.165) is 6.07 Å². The van der Waals surface area contributed by atoms with E-state index in [9.17, 15) is 43.8 Å². The van der Waals surface area contributed by atoms with E-state index in [1.54, 1.807) is 13.8 Å². The number of rotatable bonds is 4. The minimum Gasteiger partial charge on any atom is -0.507 e. The van der Waals surface area contributed by atoms with Gasteiger partial charge in [-0.2, -0.15) is 0 Å². The number of hydrogen-bond donors (Lipinski definition) is 3. The quantitative estimate of drug-likeness (QED) is 0.242.